The van der Waals surface area contributed by atoms with Crippen LogP contribution < -0.4 is 0 Å². The molecule has 144 valence electrons. The summed E-state index contributed by atoms with van der Waals surface area (Å²) in [5.74, 6) is -0.554. The fourth-order valence-electron chi connectivity index (χ4n) is 3.04. The minimum atomic E-state index is -3.94. The first-order chi connectivity index (χ1) is 12.8. The number of halogens is 2. The van der Waals surface area contributed by atoms with E-state index in [1.54, 1.807) is 6.92 Å². The number of carbonyl (C=O) groups is 1. The van der Waals surface area contributed by atoms with E-state index in [1.807, 2.05) is 30.3 Å². The van der Waals surface area contributed by atoms with E-state index in [9.17, 15) is 13.2 Å². The normalized spacial score (nSPS) is 17.8. The SMILES string of the molecule is Cc1cc(S(=O)(=O)N2CCCC2C(=O)OCc2ccccc2)c(Cl)cc1Cl. The number of aryl methyl sites for hydroxylation is 1. The standard InChI is InChI=1S/C19H19Cl2NO4S/c1-13-10-18(16(21)11-15(13)20)27(24,25)22-9-5-8-17(22)19(23)26-12-14-6-3-2-4-7-14/h2-4,6-7,10-11,17H,5,8-9,12H2,1H3. The summed E-state index contributed by atoms with van der Waals surface area (Å²) in [6.45, 7) is 2.05. The molecule has 2 aromatic carbocycles. The number of hydrogen-bond acceptors (Lipinski definition) is 4. The summed E-state index contributed by atoms with van der Waals surface area (Å²) in [6, 6.07) is 11.2. The number of carbonyl (C=O) groups excluding carboxylic acids is 1. The van der Waals surface area contributed by atoms with Crippen LogP contribution in [0.5, 0.6) is 0 Å². The van der Waals surface area contributed by atoms with Gasteiger partial charge < -0.3 is 4.74 Å². The molecule has 0 aliphatic carbocycles. The monoisotopic (exact) mass is 427 g/mol. The molecule has 2 aromatic rings. The van der Waals surface area contributed by atoms with Gasteiger partial charge in [-0.05, 0) is 43.0 Å². The average molecular weight is 428 g/mol. The van der Waals surface area contributed by atoms with Gasteiger partial charge in [0.05, 0.1) is 5.02 Å². The summed E-state index contributed by atoms with van der Waals surface area (Å²) in [5, 5.41) is 0.424. The highest BCUT2D eigenvalue weighted by Gasteiger charge is 2.41. The van der Waals surface area contributed by atoms with Crippen molar-refractivity contribution in [3.8, 4) is 0 Å². The Morgan fingerprint density at radius 3 is 2.59 bits per heavy atom. The van der Waals surface area contributed by atoms with Gasteiger partial charge in [-0.2, -0.15) is 4.31 Å². The van der Waals surface area contributed by atoms with Crippen molar-refractivity contribution < 1.29 is 17.9 Å². The van der Waals surface area contributed by atoms with E-state index in [-0.39, 0.29) is 23.1 Å². The lowest BCUT2D eigenvalue weighted by Crippen LogP contribution is -2.41. The lowest BCUT2D eigenvalue weighted by molar-refractivity contribution is -0.148. The first-order valence-corrected chi connectivity index (χ1v) is 10.7. The van der Waals surface area contributed by atoms with E-state index in [2.05, 4.69) is 0 Å². The third-order valence-corrected chi connectivity index (χ3v) is 7.28. The second-order valence-electron chi connectivity index (χ2n) is 6.40. The van der Waals surface area contributed by atoms with Crippen LogP contribution in [0.1, 0.15) is 24.0 Å². The van der Waals surface area contributed by atoms with Crippen LogP contribution in [-0.2, 0) is 26.2 Å². The molecule has 0 aromatic heterocycles. The molecule has 1 heterocycles. The highest BCUT2D eigenvalue weighted by molar-refractivity contribution is 7.89. The molecule has 0 spiro atoms. The molecule has 5 nitrogen and oxygen atoms in total. The highest BCUT2D eigenvalue weighted by atomic mass is 35.5. The molecule has 27 heavy (non-hydrogen) atoms. The average Bonchev–Trinajstić information content (AvgIpc) is 3.14. The Hall–Kier alpha value is -1.60. The van der Waals surface area contributed by atoms with Crippen molar-refractivity contribution in [2.45, 2.75) is 37.3 Å². The van der Waals surface area contributed by atoms with E-state index in [1.165, 1.54) is 16.4 Å². The quantitative estimate of drug-likeness (QED) is 0.670. The number of sulfonamides is 1. The zero-order valence-electron chi connectivity index (χ0n) is 14.7. The van der Waals surface area contributed by atoms with Crippen molar-refractivity contribution in [2.75, 3.05) is 6.54 Å². The van der Waals surface area contributed by atoms with Crippen LogP contribution in [0.15, 0.2) is 47.4 Å². The smallest absolute Gasteiger partial charge is 0.324 e. The van der Waals surface area contributed by atoms with Gasteiger partial charge in [0, 0.05) is 11.6 Å². The molecule has 0 saturated carbocycles. The van der Waals surface area contributed by atoms with Gasteiger partial charge in [0.2, 0.25) is 10.0 Å². The van der Waals surface area contributed by atoms with Gasteiger partial charge >= 0.3 is 5.97 Å². The van der Waals surface area contributed by atoms with Crippen LogP contribution in [-0.4, -0.2) is 31.3 Å². The van der Waals surface area contributed by atoms with Gasteiger partial charge in [-0.1, -0.05) is 53.5 Å². The minimum absolute atomic E-state index is 0.0360. The second kappa shape index (κ2) is 8.19. The molecule has 1 atom stereocenters. The Balaban J connectivity index is 1.80. The number of nitrogens with zero attached hydrogens (tertiary/aromatic N) is 1. The van der Waals surface area contributed by atoms with Gasteiger partial charge in [-0.25, -0.2) is 8.42 Å². The van der Waals surface area contributed by atoms with Crippen molar-refractivity contribution in [2.24, 2.45) is 0 Å². The van der Waals surface area contributed by atoms with Crippen LogP contribution in [0.2, 0.25) is 10.0 Å². The molecule has 0 bridgehead atoms. The maximum Gasteiger partial charge on any atom is 0.324 e. The fraction of sp³-hybridized carbons (Fsp3) is 0.316. The Bertz CT molecular complexity index is 948. The predicted molar refractivity (Wildman–Crippen MR) is 104 cm³/mol. The van der Waals surface area contributed by atoms with Crippen molar-refractivity contribution in [1.29, 1.82) is 0 Å². The number of benzene rings is 2. The molecule has 1 fully saturated rings. The molecule has 1 aliphatic rings. The van der Waals surface area contributed by atoms with Crippen molar-refractivity contribution in [3.05, 3.63) is 63.6 Å². The predicted octanol–water partition coefficient (Wildman–Crippen LogP) is 4.20. The zero-order chi connectivity index (χ0) is 19.6. The molecule has 0 N–H and O–H groups in total. The van der Waals surface area contributed by atoms with E-state index < -0.39 is 22.0 Å². The van der Waals surface area contributed by atoms with Gasteiger partial charge in [0.25, 0.3) is 0 Å². The van der Waals surface area contributed by atoms with Crippen LogP contribution in [0.25, 0.3) is 0 Å². The number of rotatable bonds is 5. The zero-order valence-corrected chi connectivity index (χ0v) is 17.0. The second-order valence-corrected chi connectivity index (χ2v) is 9.07. The molecule has 8 heteroatoms. The minimum Gasteiger partial charge on any atom is -0.460 e. The third kappa shape index (κ3) is 4.29. The molecule has 1 saturated heterocycles. The van der Waals surface area contributed by atoms with E-state index >= 15 is 0 Å². The number of ether oxygens (including phenoxy) is 1. The molecular weight excluding hydrogens is 409 g/mol. The highest BCUT2D eigenvalue weighted by Crippen LogP contribution is 2.33. The van der Waals surface area contributed by atoms with Crippen molar-refractivity contribution in [1.82, 2.24) is 4.31 Å². The summed E-state index contributed by atoms with van der Waals surface area (Å²) in [6.07, 6.45) is 0.992. The Kier molecular flexibility index (Phi) is 6.11. The summed E-state index contributed by atoms with van der Waals surface area (Å²) in [7, 11) is -3.94. The van der Waals surface area contributed by atoms with Crippen LogP contribution in [0.3, 0.4) is 0 Å². The van der Waals surface area contributed by atoms with Gasteiger partial charge in [-0.15, -0.1) is 0 Å². The molecule has 1 aliphatic heterocycles. The van der Waals surface area contributed by atoms with Gasteiger partial charge in [0.15, 0.2) is 0 Å². The Morgan fingerprint density at radius 1 is 1.19 bits per heavy atom. The summed E-state index contributed by atoms with van der Waals surface area (Å²) >= 11 is 12.1. The molecular formula is C19H19Cl2NO4S. The Labute approximate surface area is 168 Å². The molecule has 0 amide bonds. The molecule has 3 rings (SSSR count). The largest absolute Gasteiger partial charge is 0.460 e. The van der Waals surface area contributed by atoms with E-state index in [0.29, 0.717) is 23.4 Å². The maximum absolute atomic E-state index is 13.1. The third-order valence-electron chi connectivity index (χ3n) is 4.50. The number of esters is 1. The van der Waals surface area contributed by atoms with E-state index in [0.717, 1.165) is 5.56 Å². The van der Waals surface area contributed by atoms with Crippen LogP contribution in [0, 0.1) is 6.92 Å². The first kappa shape index (κ1) is 20.1. The van der Waals surface area contributed by atoms with E-state index in [4.69, 9.17) is 27.9 Å². The summed E-state index contributed by atoms with van der Waals surface area (Å²) in [4.78, 5) is 12.5. The molecule has 1 unspecified atom stereocenters. The van der Waals surface area contributed by atoms with Crippen LogP contribution >= 0.6 is 23.2 Å². The maximum atomic E-state index is 13.1. The summed E-state index contributed by atoms with van der Waals surface area (Å²) in [5.41, 5.74) is 1.44. The molecule has 0 radical (unpaired) electrons. The van der Waals surface area contributed by atoms with Gasteiger partial charge in [-0.3, -0.25) is 4.79 Å². The lowest BCUT2D eigenvalue weighted by Gasteiger charge is -2.23. The van der Waals surface area contributed by atoms with Gasteiger partial charge in [0.1, 0.15) is 17.5 Å². The lowest BCUT2D eigenvalue weighted by atomic mass is 10.2. The Morgan fingerprint density at radius 2 is 1.89 bits per heavy atom. The van der Waals surface area contributed by atoms with Crippen LogP contribution in [0.4, 0.5) is 0 Å². The van der Waals surface area contributed by atoms with Crippen molar-refractivity contribution in [3.63, 3.8) is 0 Å². The first-order valence-electron chi connectivity index (χ1n) is 8.49. The van der Waals surface area contributed by atoms with Crippen molar-refractivity contribution >= 4 is 39.2 Å². The topological polar surface area (TPSA) is 63.7 Å². The number of hydrogen-bond donors (Lipinski definition) is 0. The fourth-order valence-corrected chi connectivity index (χ4v) is 5.50. The summed E-state index contributed by atoms with van der Waals surface area (Å²) < 4.78 is 32.7.